The van der Waals surface area contributed by atoms with Crippen molar-refractivity contribution in [1.29, 1.82) is 0 Å². The highest BCUT2D eigenvalue weighted by Crippen LogP contribution is 2.23. The summed E-state index contributed by atoms with van der Waals surface area (Å²) in [5, 5.41) is 0. The molecule has 0 saturated heterocycles. The zero-order valence-corrected chi connectivity index (χ0v) is 10.2. The molecule has 0 amide bonds. The Hall–Kier alpha value is -0.690. The van der Waals surface area contributed by atoms with Gasteiger partial charge in [0, 0.05) is 17.5 Å². The molecule has 1 unspecified atom stereocenters. The van der Waals surface area contributed by atoms with E-state index in [9.17, 15) is 0 Å². The second-order valence-electron chi connectivity index (χ2n) is 3.03. The molecule has 3 N–H and O–H groups in total. The number of halogens is 1. The highest BCUT2D eigenvalue weighted by atomic mass is 79.9. The molecule has 4 nitrogen and oxygen atoms in total. The molecule has 0 aliphatic rings. The minimum Gasteiger partial charge on any atom is -0.453 e. The Morgan fingerprint density at radius 2 is 2.47 bits per heavy atom. The van der Waals surface area contributed by atoms with E-state index in [-0.39, 0.29) is 6.04 Å². The van der Waals surface area contributed by atoms with Gasteiger partial charge in [-0.05, 0) is 28.1 Å². The molecule has 1 atom stereocenters. The minimum absolute atomic E-state index is 0.0169. The average molecular weight is 288 g/mol. The van der Waals surface area contributed by atoms with Gasteiger partial charge in [-0.15, -0.1) is 11.3 Å². The first-order valence-electron chi connectivity index (χ1n) is 4.38. The Morgan fingerprint density at radius 1 is 1.60 bits per heavy atom. The monoisotopic (exact) mass is 287 g/mol. The van der Waals surface area contributed by atoms with E-state index in [0.29, 0.717) is 4.67 Å². The lowest BCUT2D eigenvalue weighted by atomic mass is 10.1. The molecule has 15 heavy (non-hydrogen) atoms. The van der Waals surface area contributed by atoms with Crippen molar-refractivity contribution < 1.29 is 4.42 Å². The first-order valence-corrected chi connectivity index (χ1v) is 6.05. The van der Waals surface area contributed by atoms with Gasteiger partial charge in [0.2, 0.25) is 0 Å². The van der Waals surface area contributed by atoms with Crippen LogP contribution in [0.5, 0.6) is 0 Å². The van der Waals surface area contributed by atoms with Crippen molar-refractivity contribution in [2.75, 3.05) is 0 Å². The van der Waals surface area contributed by atoms with E-state index in [4.69, 9.17) is 10.3 Å². The van der Waals surface area contributed by atoms with Crippen molar-refractivity contribution in [2.45, 2.75) is 12.5 Å². The van der Waals surface area contributed by atoms with Gasteiger partial charge in [-0.2, -0.15) is 0 Å². The number of nitrogens with two attached hydrogens (primary N) is 1. The van der Waals surface area contributed by atoms with Gasteiger partial charge in [0.15, 0.2) is 4.67 Å². The van der Waals surface area contributed by atoms with Crippen molar-refractivity contribution in [3.05, 3.63) is 39.1 Å². The quantitative estimate of drug-likeness (QED) is 0.669. The van der Waals surface area contributed by atoms with E-state index in [1.54, 1.807) is 16.8 Å². The van der Waals surface area contributed by atoms with E-state index < -0.39 is 0 Å². The highest BCUT2D eigenvalue weighted by molar-refractivity contribution is 9.10. The van der Waals surface area contributed by atoms with Gasteiger partial charge in [0.05, 0.1) is 11.6 Å². The van der Waals surface area contributed by atoms with Crippen LogP contribution in [0.25, 0.3) is 0 Å². The predicted octanol–water partition coefficient (Wildman–Crippen LogP) is 2.25. The number of hydrogen-bond acceptors (Lipinski definition) is 5. The number of furan rings is 1. The van der Waals surface area contributed by atoms with E-state index >= 15 is 0 Å². The summed E-state index contributed by atoms with van der Waals surface area (Å²) in [6, 6.07) is 3.74. The topological polar surface area (TPSA) is 64.1 Å². The third-order valence-corrected chi connectivity index (χ3v) is 3.26. The fourth-order valence-electron chi connectivity index (χ4n) is 1.30. The van der Waals surface area contributed by atoms with Gasteiger partial charge >= 0.3 is 0 Å². The summed E-state index contributed by atoms with van der Waals surface area (Å²) in [4.78, 5) is 5.19. The lowest BCUT2D eigenvalue weighted by molar-refractivity contribution is 0.406. The SMILES string of the molecule is NNC(Cc1cncs1)c1ccc(Br)o1. The zero-order chi connectivity index (χ0) is 10.7. The average Bonchev–Trinajstić information content (AvgIpc) is 2.85. The minimum atomic E-state index is -0.0169. The second kappa shape index (κ2) is 4.89. The van der Waals surface area contributed by atoms with Gasteiger partial charge in [0.25, 0.3) is 0 Å². The molecule has 0 bridgehead atoms. The van der Waals surface area contributed by atoms with Gasteiger partial charge in [-0.3, -0.25) is 10.8 Å². The zero-order valence-electron chi connectivity index (χ0n) is 7.81. The van der Waals surface area contributed by atoms with Crippen molar-refractivity contribution in [1.82, 2.24) is 10.4 Å². The molecule has 2 aromatic heterocycles. The third-order valence-electron chi connectivity index (χ3n) is 2.03. The predicted molar refractivity (Wildman–Crippen MR) is 62.3 cm³/mol. The third kappa shape index (κ3) is 2.66. The van der Waals surface area contributed by atoms with Crippen molar-refractivity contribution in [2.24, 2.45) is 5.84 Å². The maximum Gasteiger partial charge on any atom is 0.169 e. The van der Waals surface area contributed by atoms with Crippen LogP contribution in [-0.2, 0) is 6.42 Å². The van der Waals surface area contributed by atoms with Crippen LogP contribution < -0.4 is 11.3 Å². The largest absolute Gasteiger partial charge is 0.453 e. The van der Waals surface area contributed by atoms with E-state index in [1.165, 1.54) is 4.88 Å². The molecule has 0 aliphatic carbocycles. The normalized spacial score (nSPS) is 12.9. The van der Waals surface area contributed by atoms with Gasteiger partial charge in [-0.25, -0.2) is 5.43 Å². The molecule has 0 aliphatic heterocycles. The summed E-state index contributed by atoms with van der Waals surface area (Å²) in [5.74, 6) is 6.31. The Kier molecular flexibility index (Phi) is 3.53. The first kappa shape index (κ1) is 10.8. The number of rotatable bonds is 4. The van der Waals surface area contributed by atoms with Crippen molar-refractivity contribution in [3.8, 4) is 0 Å². The molecule has 2 heterocycles. The Labute approximate surface area is 99.6 Å². The summed E-state index contributed by atoms with van der Waals surface area (Å²) in [7, 11) is 0. The van der Waals surface area contributed by atoms with E-state index in [0.717, 1.165) is 12.2 Å². The molecule has 0 aromatic carbocycles. The number of hydrazine groups is 1. The smallest absolute Gasteiger partial charge is 0.169 e. The summed E-state index contributed by atoms with van der Waals surface area (Å²) in [6.07, 6.45) is 2.62. The Balaban J connectivity index is 2.11. The maximum atomic E-state index is 5.49. The number of nitrogens with zero attached hydrogens (tertiary/aromatic N) is 1. The molecule has 0 fully saturated rings. The van der Waals surface area contributed by atoms with E-state index in [2.05, 4.69) is 26.3 Å². The molecule has 2 aromatic rings. The van der Waals surface area contributed by atoms with Gasteiger partial charge in [0.1, 0.15) is 5.76 Å². The van der Waals surface area contributed by atoms with Crippen LogP contribution in [0.15, 0.2) is 32.9 Å². The van der Waals surface area contributed by atoms with Crippen molar-refractivity contribution in [3.63, 3.8) is 0 Å². The number of thiazole rings is 1. The van der Waals surface area contributed by atoms with Crippen LogP contribution in [-0.4, -0.2) is 4.98 Å². The van der Waals surface area contributed by atoms with Gasteiger partial charge < -0.3 is 4.42 Å². The fourth-order valence-corrected chi connectivity index (χ4v) is 2.26. The second-order valence-corrected chi connectivity index (χ2v) is 4.79. The summed E-state index contributed by atoms with van der Waals surface area (Å²) >= 11 is 4.87. The van der Waals surface area contributed by atoms with Gasteiger partial charge in [-0.1, -0.05) is 0 Å². The van der Waals surface area contributed by atoms with Crippen molar-refractivity contribution >= 4 is 27.3 Å². The van der Waals surface area contributed by atoms with Crippen LogP contribution in [0.1, 0.15) is 16.7 Å². The molecule has 2 rings (SSSR count). The van der Waals surface area contributed by atoms with Crippen LogP contribution in [0, 0.1) is 0 Å². The summed E-state index contributed by atoms with van der Waals surface area (Å²) in [6.45, 7) is 0. The Morgan fingerprint density at radius 3 is 3.00 bits per heavy atom. The lowest BCUT2D eigenvalue weighted by Gasteiger charge is -2.11. The summed E-state index contributed by atoms with van der Waals surface area (Å²) < 4.78 is 6.15. The number of hydrogen-bond donors (Lipinski definition) is 2. The maximum absolute atomic E-state index is 5.49. The standard InChI is InChI=1S/C9H10BrN3OS/c10-9-2-1-8(14-9)7(13-11)3-6-4-12-5-15-6/h1-2,4-5,7,13H,3,11H2. The van der Waals surface area contributed by atoms with E-state index in [1.807, 2.05) is 18.3 Å². The molecular formula is C9H10BrN3OS. The molecule has 80 valence electrons. The lowest BCUT2D eigenvalue weighted by Crippen LogP contribution is -2.29. The van der Waals surface area contributed by atoms with Crippen LogP contribution >= 0.6 is 27.3 Å². The molecule has 0 saturated carbocycles. The van der Waals surface area contributed by atoms with Crippen LogP contribution in [0.4, 0.5) is 0 Å². The number of aromatic nitrogens is 1. The molecule has 0 radical (unpaired) electrons. The van der Waals surface area contributed by atoms with Crippen LogP contribution in [0.2, 0.25) is 0 Å². The highest BCUT2D eigenvalue weighted by Gasteiger charge is 2.15. The molecule has 0 spiro atoms. The van der Waals surface area contributed by atoms with Crippen LogP contribution in [0.3, 0.4) is 0 Å². The molecule has 6 heteroatoms. The molecular weight excluding hydrogens is 278 g/mol. The Bertz CT molecular complexity index is 415. The fraction of sp³-hybridized carbons (Fsp3) is 0.222. The number of nitrogens with one attached hydrogen (secondary N) is 1. The first-order chi connectivity index (χ1) is 7.29. The summed E-state index contributed by atoms with van der Waals surface area (Å²) in [5.41, 5.74) is 4.54.